The Morgan fingerprint density at radius 2 is 1.88 bits per heavy atom. The molecule has 4 rings (SSSR count). The van der Waals surface area contributed by atoms with Crippen LogP contribution < -0.4 is 5.32 Å². The summed E-state index contributed by atoms with van der Waals surface area (Å²) in [6.07, 6.45) is 2.37. The molecule has 0 radical (unpaired) electrons. The first-order chi connectivity index (χ1) is 12.8. The first-order valence-corrected chi connectivity index (χ1v) is 8.73. The molecule has 5 nitrogen and oxygen atoms in total. The quantitative estimate of drug-likeness (QED) is 0.578. The highest BCUT2D eigenvalue weighted by Gasteiger charge is 2.17. The van der Waals surface area contributed by atoms with Crippen LogP contribution in [0.5, 0.6) is 0 Å². The summed E-state index contributed by atoms with van der Waals surface area (Å²) >= 11 is 0. The Hall–Kier alpha value is -3.34. The largest absolute Gasteiger partial charge is 0.357 e. The molecule has 0 bridgehead atoms. The molecule has 2 aromatic carbocycles. The predicted molar refractivity (Wildman–Crippen MR) is 102 cm³/mol. The number of fused-ring (bicyclic) bond motifs is 1. The van der Waals surface area contributed by atoms with Gasteiger partial charge in [-0.05, 0) is 36.1 Å². The van der Waals surface area contributed by atoms with Gasteiger partial charge < -0.3 is 10.3 Å². The van der Waals surface area contributed by atoms with E-state index in [0.29, 0.717) is 12.1 Å². The van der Waals surface area contributed by atoms with Crippen LogP contribution in [-0.4, -0.2) is 20.7 Å². The van der Waals surface area contributed by atoms with Crippen molar-refractivity contribution >= 4 is 16.8 Å². The highest BCUT2D eigenvalue weighted by molar-refractivity contribution is 5.95. The van der Waals surface area contributed by atoms with Crippen molar-refractivity contribution in [1.29, 1.82) is 0 Å². The SMILES string of the molecule is CCc1c(C(=O)NCc2cc3ccccc3[nH]2)cnn1-c1ccccc1. The zero-order chi connectivity index (χ0) is 17.9. The van der Waals surface area contributed by atoms with Crippen molar-refractivity contribution in [3.05, 3.63) is 83.8 Å². The third-order valence-electron chi connectivity index (χ3n) is 4.47. The smallest absolute Gasteiger partial charge is 0.255 e. The summed E-state index contributed by atoms with van der Waals surface area (Å²) in [4.78, 5) is 16.0. The molecule has 5 heteroatoms. The topological polar surface area (TPSA) is 62.7 Å². The fourth-order valence-electron chi connectivity index (χ4n) is 3.19. The number of rotatable bonds is 5. The second-order valence-corrected chi connectivity index (χ2v) is 6.17. The van der Waals surface area contributed by atoms with Gasteiger partial charge in [-0.15, -0.1) is 0 Å². The lowest BCUT2D eigenvalue weighted by atomic mass is 10.2. The highest BCUT2D eigenvalue weighted by Crippen LogP contribution is 2.17. The second-order valence-electron chi connectivity index (χ2n) is 6.17. The van der Waals surface area contributed by atoms with Crippen LogP contribution in [0.25, 0.3) is 16.6 Å². The molecule has 0 saturated heterocycles. The minimum absolute atomic E-state index is 0.109. The van der Waals surface area contributed by atoms with Gasteiger partial charge in [0.05, 0.1) is 29.7 Å². The number of amides is 1. The van der Waals surface area contributed by atoms with Crippen LogP contribution in [0, 0.1) is 0 Å². The third kappa shape index (κ3) is 2.99. The van der Waals surface area contributed by atoms with Crippen LogP contribution in [0.3, 0.4) is 0 Å². The van der Waals surface area contributed by atoms with Crippen molar-refractivity contribution in [2.45, 2.75) is 19.9 Å². The second kappa shape index (κ2) is 6.88. The Labute approximate surface area is 151 Å². The van der Waals surface area contributed by atoms with Crippen LogP contribution in [0.2, 0.25) is 0 Å². The van der Waals surface area contributed by atoms with Gasteiger partial charge in [0.15, 0.2) is 0 Å². The Bertz CT molecular complexity index is 1010. The van der Waals surface area contributed by atoms with Crippen LogP contribution in [0.4, 0.5) is 0 Å². The first kappa shape index (κ1) is 16.1. The number of nitrogens with one attached hydrogen (secondary N) is 2. The molecule has 4 aromatic rings. The molecule has 130 valence electrons. The molecule has 0 saturated carbocycles. The maximum absolute atomic E-state index is 12.7. The lowest BCUT2D eigenvalue weighted by molar-refractivity contribution is 0.0949. The Kier molecular flexibility index (Phi) is 4.27. The maximum atomic E-state index is 12.7. The summed E-state index contributed by atoms with van der Waals surface area (Å²) in [5.74, 6) is -0.109. The van der Waals surface area contributed by atoms with Gasteiger partial charge >= 0.3 is 0 Å². The number of nitrogens with zero attached hydrogens (tertiary/aromatic N) is 2. The van der Waals surface area contributed by atoms with Crippen molar-refractivity contribution in [2.75, 3.05) is 0 Å². The number of carbonyl (C=O) groups is 1. The third-order valence-corrected chi connectivity index (χ3v) is 4.47. The molecule has 0 atom stereocenters. The van der Waals surface area contributed by atoms with Gasteiger partial charge in [0.1, 0.15) is 0 Å². The molecule has 0 aliphatic rings. The molecule has 0 fully saturated rings. The number of carbonyl (C=O) groups excluding carboxylic acids is 1. The monoisotopic (exact) mass is 344 g/mol. The summed E-state index contributed by atoms with van der Waals surface area (Å²) < 4.78 is 1.83. The van der Waals surface area contributed by atoms with Crippen molar-refractivity contribution in [3.8, 4) is 5.69 Å². The van der Waals surface area contributed by atoms with Gasteiger partial charge in [0.25, 0.3) is 5.91 Å². The summed E-state index contributed by atoms with van der Waals surface area (Å²) in [7, 11) is 0. The maximum Gasteiger partial charge on any atom is 0.255 e. The van der Waals surface area contributed by atoms with E-state index in [0.717, 1.165) is 34.4 Å². The standard InChI is InChI=1S/C21H20N4O/c1-2-20-18(14-23-25(20)17-9-4-3-5-10-17)21(26)22-13-16-12-15-8-6-7-11-19(15)24-16/h3-12,14,24H,2,13H2,1H3,(H,22,26). The fraction of sp³-hybridized carbons (Fsp3) is 0.143. The van der Waals surface area contributed by atoms with Gasteiger partial charge in [0, 0.05) is 11.2 Å². The van der Waals surface area contributed by atoms with E-state index in [1.807, 2.05) is 60.1 Å². The zero-order valence-corrected chi connectivity index (χ0v) is 14.6. The van der Waals surface area contributed by atoms with Crippen molar-refractivity contribution in [1.82, 2.24) is 20.1 Å². The van der Waals surface area contributed by atoms with Gasteiger partial charge in [-0.2, -0.15) is 5.10 Å². The van der Waals surface area contributed by atoms with E-state index in [4.69, 9.17) is 0 Å². The van der Waals surface area contributed by atoms with Gasteiger partial charge in [-0.25, -0.2) is 4.68 Å². The van der Waals surface area contributed by atoms with E-state index >= 15 is 0 Å². The molecule has 0 spiro atoms. The number of H-pyrrole nitrogens is 1. The van der Waals surface area contributed by atoms with Gasteiger partial charge in [-0.1, -0.05) is 43.3 Å². The van der Waals surface area contributed by atoms with E-state index < -0.39 is 0 Å². The number of aromatic nitrogens is 3. The molecule has 2 N–H and O–H groups in total. The van der Waals surface area contributed by atoms with E-state index in [2.05, 4.69) is 27.5 Å². The number of benzene rings is 2. The average Bonchev–Trinajstić information content (AvgIpc) is 3.30. The molecule has 1 amide bonds. The van der Waals surface area contributed by atoms with Crippen LogP contribution in [0.15, 0.2) is 66.9 Å². The number of para-hydroxylation sites is 2. The Balaban J connectivity index is 1.54. The van der Waals surface area contributed by atoms with E-state index in [1.165, 1.54) is 0 Å². The lowest BCUT2D eigenvalue weighted by Crippen LogP contribution is -2.24. The predicted octanol–water partition coefficient (Wildman–Crippen LogP) is 3.85. The molecule has 2 aromatic heterocycles. The Morgan fingerprint density at radius 3 is 2.65 bits per heavy atom. The number of aromatic amines is 1. The van der Waals surface area contributed by atoms with Gasteiger partial charge in [-0.3, -0.25) is 4.79 Å². The number of hydrogen-bond acceptors (Lipinski definition) is 2. The lowest BCUT2D eigenvalue weighted by Gasteiger charge is -2.08. The van der Waals surface area contributed by atoms with Gasteiger partial charge in [0.2, 0.25) is 0 Å². The van der Waals surface area contributed by atoms with E-state index in [1.54, 1.807) is 6.20 Å². The number of hydrogen-bond donors (Lipinski definition) is 2. The van der Waals surface area contributed by atoms with Crippen LogP contribution in [0.1, 0.15) is 28.7 Å². The molecular formula is C21H20N4O. The van der Waals surface area contributed by atoms with E-state index in [-0.39, 0.29) is 5.91 Å². The average molecular weight is 344 g/mol. The van der Waals surface area contributed by atoms with Crippen LogP contribution in [-0.2, 0) is 13.0 Å². The molecule has 2 heterocycles. The van der Waals surface area contributed by atoms with E-state index in [9.17, 15) is 4.79 Å². The summed E-state index contributed by atoms with van der Waals surface area (Å²) in [6.45, 7) is 2.48. The van der Waals surface area contributed by atoms with Crippen molar-refractivity contribution in [3.63, 3.8) is 0 Å². The Morgan fingerprint density at radius 1 is 1.12 bits per heavy atom. The first-order valence-electron chi connectivity index (χ1n) is 8.73. The van der Waals surface area contributed by atoms with Crippen LogP contribution >= 0.6 is 0 Å². The zero-order valence-electron chi connectivity index (χ0n) is 14.6. The minimum Gasteiger partial charge on any atom is -0.357 e. The molecular weight excluding hydrogens is 324 g/mol. The minimum atomic E-state index is -0.109. The molecule has 0 unspecified atom stereocenters. The molecule has 26 heavy (non-hydrogen) atoms. The summed E-state index contributed by atoms with van der Waals surface area (Å²) in [6, 6.07) is 20.0. The molecule has 0 aliphatic carbocycles. The summed E-state index contributed by atoms with van der Waals surface area (Å²) in [5.41, 5.74) is 4.53. The summed E-state index contributed by atoms with van der Waals surface area (Å²) in [5, 5.41) is 8.55. The highest BCUT2D eigenvalue weighted by atomic mass is 16.1. The molecule has 0 aliphatic heterocycles. The van der Waals surface area contributed by atoms with Crippen molar-refractivity contribution < 1.29 is 4.79 Å². The van der Waals surface area contributed by atoms with Crippen molar-refractivity contribution in [2.24, 2.45) is 0 Å². The fourth-order valence-corrected chi connectivity index (χ4v) is 3.19. The normalized spacial score (nSPS) is 11.0.